The van der Waals surface area contributed by atoms with Gasteiger partial charge in [-0.05, 0) is 45.1 Å². The molecule has 0 aliphatic carbocycles. The molecule has 4 nitrogen and oxygen atoms in total. The summed E-state index contributed by atoms with van der Waals surface area (Å²) in [4.78, 5) is 14.3. The lowest BCUT2D eigenvalue weighted by Gasteiger charge is -2.35. The van der Waals surface area contributed by atoms with Gasteiger partial charge >= 0.3 is 0 Å². The Morgan fingerprint density at radius 2 is 2.06 bits per heavy atom. The largest absolute Gasteiger partial charge is 0.352 e. The van der Waals surface area contributed by atoms with E-state index in [0.29, 0.717) is 12.1 Å². The van der Waals surface area contributed by atoms with E-state index in [2.05, 4.69) is 24.1 Å². The third-order valence-corrected chi connectivity index (χ3v) is 4.22. The number of thioether (sulfide) groups is 1. The predicted molar refractivity (Wildman–Crippen MR) is 78.8 cm³/mol. The molecule has 0 saturated carbocycles. The summed E-state index contributed by atoms with van der Waals surface area (Å²) in [6, 6.07) is 0.568. The van der Waals surface area contributed by atoms with Crippen LogP contribution in [0.4, 0.5) is 0 Å². The zero-order valence-electron chi connectivity index (χ0n) is 11.8. The highest BCUT2D eigenvalue weighted by molar-refractivity contribution is 7.98. The fourth-order valence-corrected chi connectivity index (χ4v) is 2.73. The molecule has 1 amide bonds. The van der Waals surface area contributed by atoms with Crippen molar-refractivity contribution < 1.29 is 4.79 Å². The molecule has 1 aliphatic heterocycles. The number of likely N-dealkylation sites (tertiary alicyclic amines) is 1. The highest BCUT2D eigenvalue weighted by atomic mass is 32.2. The number of carbonyl (C=O) groups is 1. The molecule has 0 spiro atoms. The average Bonchev–Trinajstić information content (AvgIpc) is 2.36. The summed E-state index contributed by atoms with van der Waals surface area (Å²) in [5.41, 5.74) is 5.86. The van der Waals surface area contributed by atoms with Crippen LogP contribution in [-0.4, -0.2) is 54.0 Å². The van der Waals surface area contributed by atoms with Crippen LogP contribution in [0.25, 0.3) is 0 Å². The first-order chi connectivity index (χ1) is 8.54. The van der Waals surface area contributed by atoms with Gasteiger partial charge in [0.1, 0.15) is 0 Å². The lowest BCUT2D eigenvalue weighted by Crippen LogP contribution is -2.50. The van der Waals surface area contributed by atoms with E-state index in [4.69, 9.17) is 5.73 Å². The zero-order chi connectivity index (χ0) is 13.5. The molecule has 5 heteroatoms. The smallest absolute Gasteiger partial charge is 0.237 e. The van der Waals surface area contributed by atoms with Gasteiger partial charge in [-0.25, -0.2) is 0 Å². The minimum absolute atomic E-state index is 0.0204. The quantitative estimate of drug-likeness (QED) is 0.760. The van der Waals surface area contributed by atoms with E-state index in [-0.39, 0.29) is 11.9 Å². The molecule has 0 unspecified atom stereocenters. The maximum absolute atomic E-state index is 11.9. The van der Waals surface area contributed by atoms with Gasteiger partial charge in [0.25, 0.3) is 0 Å². The van der Waals surface area contributed by atoms with Crippen LogP contribution in [0.3, 0.4) is 0 Å². The van der Waals surface area contributed by atoms with Gasteiger partial charge in [0.15, 0.2) is 0 Å². The molecule has 0 aromatic carbocycles. The molecule has 1 saturated heterocycles. The maximum Gasteiger partial charge on any atom is 0.237 e. The lowest BCUT2D eigenvalue weighted by molar-refractivity contribution is -0.123. The Morgan fingerprint density at radius 1 is 1.44 bits per heavy atom. The first-order valence-electron chi connectivity index (χ1n) is 6.83. The first-order valence-corrected chi connectivity index (χ1v) is 8.23. The predicted octanol–water partition coefficient (Wildman–Crippen LogP) is 1.06. The van der Waals surface area contributed by atoms with E-state index in [1.165, 1.54) is 0 Å². The Morgan fingerprint density at radius 3 is 2.56 bits per heavy atom. The number of rotatable bonds is 6. The molecule has 1 atom stereocenters. The van der Waals surface area contributed by atoms with Crippen molar-refractivity contribution in [2.75, 3.05) is 25.1 Å². The second-order valence-corrected chi connectivity index (χ2v) is 6.29. The van der Waals surface area contributed by atoms with Crippen molar-refractivity contribution in [1.29, 1.82) is 0 Å². The van der Waals surface area contributed by atoms with Gasteiger partial charge in [-0.2, -0.15) is 11.8 Å². The van der Waals surface area contributed by atoms with Crippen LogP contribution in [0, 0.1) is 0 Å². The molecule has 18 heavy (non-hydrogen) atoms. The summed E-state index contributed by atoms with van der Waals surface area (Å²) in [5, 5.41) is 3.09. The van der Waals surface area contributed by atoms with Crippen LogP contribution >= 0.6 is 11.8 Å². The summed E-state index contributed by atoms with van der Waals surface area (Å²) in [7, 11) is 0. The normalized spacial score (nSPS) is 20.1. The molecule has 1 fully saturated rings. The third kappa shape index (κ3) is 5.16. The number of nitrogens with zero attached hydrogens (tertiary/aromatic N) is 1. The average molecular weight is 273 g/mol. The fourth-order valence-electron chi connectivity index (χ4n) is 2.24. The molecule has 0 bridgehead atoms. The second kappa shape index (κ2) is 8.02. The minimum Gasteiger partial charge on any atom is -0.352 e. The third-order valence-electron chi connectivity index (χ3n) is 3.58. The van der Waals surface area contributed by atoms with Gasteiger partial charge in [0.05, 0.1) is 6.04 Å². The zero-order valence-corrected chi connectivity index (χ0v) is 12.6. The van der Waals surface area contributed by atoms with Crippen LogP contribution in [0.5, 0.6) is 0 Å². The van der Waals surface area contributed by atoms with Gasteiger partial charge in [-0.1, -0.05) is 0 Å². The Balaban J connectivity index is 2.25. The van der Waals surface area contributed by atoms with Crippen LogP contribution in [0.1, 0.15) is 33.1 Å². The molecular weight excluding hydrogens is 246 g/mol. The van der Waals surface area contributed by atoms with Crippen molar-refractivity contribution in [2.24, 2.45) is 5.73 Å². The molecule has 1 rings (SSSR count). The van der Waals surface area contributed by atoms with E-state index < -0.39 is 0 Å². The molecule has 0 aromatic heterocycles. The van der Waals surface area contributed by atoms with Crippen LogP contribution in [-0.2, 0) is 4.79 Å². The monoisotopic (exact) mass is 273 g/mol. The number of hydrogen-bond donors (Lipinski definition) is 2. The highest BCUT2D eigenvalue weighted by Crippen LogP contribution is 2.13. The SMILES string of the molecule is CSCC[C@@H](N)C(=O)NC1CCN(C(C)C)CC1. The Bertz CT molecular complexity index is 253. The Kier molecular flexibility index (Phi) is 7.04. The molecule has 106 valence electrons. The number of nitrogens with two attached hydrogens (primary N) is 1. The van der Waals surface area contributed by atoms with Crippen molar-refractivity contribution in [1.82, 2.24) is 10.2 Å². The van der Waals surface area contributed by atoms with Crippen molar-refractivity contribution in [2.45, 2.75) is 51.2 Å². The van der Waals surface area contributed by atoms with E-state index in [1.807, 2.05) is 6.26 Å². The minimum atomic E-state index is -0.347. The second-order valence-electron chi connectivity index (χ2n) is 5.30. The Hall–Kier alpha value is -0.260. The molecule has 3 N–H and O–H groups in total. The van der Waals surface area contributed by atoms with E-state index in [9.17, 15) is 4.79 Å². The van der Waals surface area contributed by atoms with Gasteiger partial charge in [0.2, 0.25) is 5.91 Å². The number of piperidine rings is 1. The molecule has 0 aromatic rings. The van der Waals surface area contributed by atoms with Crippen LogP contribution in [0.15, 0.2) is 0 Å². The van der Waals surface area contributed by atoms with E-state index >= 15 is 0 Å². The van der Waals surface area contributed by atoms with Crippen molar-refractivity contribution in [3.8, 4) is 0 Å². The standard InChI is InChI=1S/C13H27N3OS/c1-10(2)16-7-4-11(5-8-16)15-13(17)12(14)6-9-18-3/h10-12H,4-9,14H2,1-3H3,(H,15,17)/t12-/m1/s1. The van der Waals surface area contributed by atoms with Gasteiger partial charge in [-0.15, -0.1) is 0 Å². The van der Waals surface area contributed by atoms with Crippen molar-refractivity contribution in [3.63, 3.8) is 0 Å². The summed E-state index contributed by atoms with van der Waals surface area (Å²) in [5.74, 6) is 0.965. The number of hydrogen-bond acceptors (Lipinski definition) is 4. The van der Waals surface area contributed by atoms with Crippen molar-refractivity contribution >= 4 is 17.7 Å². The molecule has 1 heterocycles. The lowest BCUT2D eigenvalue weighted by atomic mass is 10.0. The van der Waals surface area contributed by atoms with E-state index in [1.54, 1.807) is 11.8 Å². The summed E-state index contributed by atoms with van der Waals surface area (Å²) >= 11 is 1.73. The summed E-state index contributed by atoms with van der Waals surface area (Å²) in [6.45, 7) is 6.58. The summed E-state index contributed by atoms with van der Waals surface area (Å²) in [6.07, 6.45) is 4.88. The first kappa shape index (κ1) is 15.8. The van der Waals surface area contributed by atoms with Gasteiger partial charge in [-0.3, -0.25) is 4.79 Å². The Labute approximate surface area is 115 Å². The molecule has 1 aliphatic rings. The number of amides is 1. The fraction of sp³-hybridized carbons (Fsp3) is 0.923. The molecule has 0 radical (unpaired) electrons. The maximum atomic E-state index is 11.9. The topological polar surface area (TPSA) is 58.4 Å². The molecular formula is C13H27N3OS. The number of nitrogens with one attached hydrogen (secondary N) is 1. The van der Waals surface area contributed by atoms with Gasteiger partial charge < -0.3 is 16.0 Å². The van der Waals surface area contributed by atoms with Crippen LogP contribution in [0.2, 0.25) is 0 Å². The van der Waals surface area contributed by atoms with Crippen molar-refractivity contribution in [3.05, 3.63) is 0 Å². The van der Waals surface area contributed by atoms with Crippen LogP contribution < -0.4 is 11.1 Å². The number of carbonyl (C=O) groups excluding carboxylic acids is 1. The van der Waals surface area contributed by atoms with Gasteiger partial charge in [0, 0.05) is 25.2 Å². The van der Waals surface area contributed by atoms with E-state index in [0.717, 1.165) is 38.1 Å². The summed E-state index contributed by atoms with van der Waals surface area (Å²) < 4.78 is 0. The highest BCUT2D eigenvalue weighted by Gasteiger charge is 2.23.